The molecule has 2 rings (SSSR count). The molecule has 0 saturated carbocycles. The van der Waals surface area contributed by atoms with Gasteiger partial charge in [-0.05, 0) is 55.0 Å². The lowest BCUT2D eigenvalue weighted by molar-refractivity contribution is 0.0941. The van der Waals surface area contributed by atoms with Gasteiger partial charge in [-0.3, -0.25) is 4.79 Å². The van der Waals surface area contributed by atoms with E-state index in [4.69, 9.17) is 21.1 Å². The van der Waals surface area contributed by atoms with Crippen molar-refractivity contribution in [1.82, 2.24) is 10.2 Å². The zero-order chi connectivity index (χ0) is 19.1. The van der Waals surface area contributed by atoms with E-state index in [-0.39, 0.29) is 11.9 Å². The molecule has 1 aromatic heterocycles. The van der Waals surface area contributed by atoms with Crippen LogP contribution in [0.3, 0.4) is 0 Å². The van der Waals surface area contributed by atoms with Crippen molar-refractivity contribution in [2.24, 2.45) is 0 Å². The highest BCUT2D eigenvalue weighted by Crippen LogP contribution is 2.36. The summed E-state index contributed by atoms with van der Waals surface area (Å²) in [7, 11) is 5.52. The topological polar surface area (TPSA) is 50.8 Å². The molecule has 1 N–H and O–H groups in total. The van der Waals surface area contributed by atoms with Crippen LogP contribution < -0.4 is 14.8 Å². The number of hydrogen-bond acceptors (Lipinski definition) is 5. The maximum absolute atomic E-state index is 12.6. The lowest BCUT2D eigenvalue weighted by atomic mass is 10.1. The number of nitrogens with zero attached hydrogens (tertiary/aromatic N) is 1. The van der Waals surface area contributed by atoms with Gasteiger partial charge in [0.2, 0.25) is 0 Å². The van der Waals surface area contributed by atoms with E-state index in [1.165, 1.54) is 12.7 Å². The fourth-order valence-electron chi connectivity index (χ4n) is 2.55. The summed E-state index contributed by atoms with van der Waals surface area (Å²) in [6.07, 6.45) is 0.857. The van der Waals surface area contributed by atoms with Crippen LogP contribution in [0.25, 0.3) is 0 Å². The van der Waals surface area contributed by atoms with E-state index in [1.54, 1.807) is 23.5 Å². The molecule has 2 aromatic rings. The van der Waals surface area contributed by atoms with Gasteiger partial charge in [-0.1, -0.05) is 18.5 Å². The zero-order valence-corrected chi connectivity index (χ0v) is 17.1. The third-order valence-corrected chi connectivity index (χ3v) is 4.93. The van der Waals surface area contributed by atoms with Crippen molar-refractivity contribution in [2.75, 3.05) is 34.4 Å². The van der Waals surface area contributed by atoms with Gasteiger partial charge < -0.3 is 19.7 Å². The lowest BCUT2D eigenvalue weighted by Crippen LogP contribution is -2.34. The lowest BCUT2D eigenvalue weighted by Gasteiger charge is -2.24. The number of benzene rings is 1. The van der Waals surface area contributed by atoms with Crippen LogP contribution in [0.5, 0.6) is 11.5 Å². The van der Waals surface area contributed by atoms with Crippen molar-refractivity contribution >= 4 is 28.8 Å². The Morgan fingerprint density at radius 2 is 2.15 bits per heavy atom. The Hall–Kier alpha value is -1.76. The second-order valence-electron chi connectivity index (χ2n) is 6.08. The molecule has 0 aliphatic carbocycles. The van der Waals surface area contributed by atoms with E-state index in [1.807, 2.05) is 26.4 Å². The van der Waals surface area contributed by atoms with E-state index in [0.717, 1.165) is 6.42 Å². The monoisotopic (exact) mass is 396 g/mol. The highest BCUT2D eigenvalue weighted by atomic mass is 35.5. The number of carbonyl (C=O) groups excluding carboxylic acids is 1. The molecule has 7 heteroatoms. The number of ether oxygens (including phenoxy) is 2. The van der Waals surface area contributed by atoms with Crippen molar-refractivity contribution in [3.63, 3.8) is 0 Å². The molecule has 0 aliphatic rings. The van der Waals surface area contributed by atoms with Gasteiger partial charge in [0, 0.05) is 12.1 Å². The summed E-state index contributed by atoms with van der Waals surface area (Å²) in [4.78, 5) is 14.7. The smallest absolute Gasteiger partial charge is 0.251 e. The van der Waals surface area contributed by atoms with Crippen molar-refractivity contribution in [2.45, 2.75) is 19.4 Å². The number of halogens is 1. The minimum Gasteiger partial charge on any atom is -0.493 e. The minimum absolute atomic E-state index is 0.106. The molecular weight excluding hydrogens is 372 g/mol. The molecule has 5 nitrogen and oxygen atoms in total. The van der Waals surface area contributed by atoms with Crippen LogP contribution in [0.2, 0.25) is 5.02 Å². The Balaban J connectivity index is 2.12. The fourth-order valence-corrected chi connectivity index (χ4v) is 3.52. The van der Waals surface area contributed by atoms with Crippen molar-refractivity contribution < 1.29 is 14.3 Å². The number of nitrogens with one attached hydrogen (secondary N) is 1. The van der Waals surface area contributed by atoms with Gasteiger partial charge in [-0.2, -0.15) is 11.3 Å². The van der Waals surface area contributed by atoms with Crippen LogP contribution in [-0.2, 0) is 0 Å². The SMILES string of the molecule is CCCOc1c(Cl)cc(C(=O)NCC(c2ccsc2)N(C)C)cc1OC. The van der Waals surface area contributed by atoms with Crippen LogP contribution in [0.4, 0.5) is 0 Å². The molecule has 0 bridgehead atoms. The number of carbonyl (C=O) groups is 1. The first-order valence-electron chi connectivity index (χ1n) is 8.45. The molecule has 0 radical (unpaired) electrons. The van der Waals surface area contributed by atoms with Gasteiger partial charge >= 0.3 is 0 Å². The first-order valence-corrected chi connectivity index (χ1v) is 9.77. The van der Waals surface area contributed by atoms with Crippen molar-refractivity contribution in [3.05, 3.63) is 45.1 Å². The van der Waals surface area contributed by atoms with Gasteiger partial charge in [-0.15, -0.1) is 0 Å². The first kappa shape index (κ1) is 20.6. The maximum Gasteiger partial charge on any atom is 0.251 e. The number of likely N-dealkylation sites (N-methyl/N-ethyl adjacent to an activating group) is 1. The van der Waals surface area contributed by atoms with E-state index in [2.05, 4.69) is 21.7 Å². The summed E-state index contributed by atoms with van der Waals surface area (Å²) < 4.78 is 11.0. The molecule has 0 aliphatic heterocycles. The number of hydrogen-bond donors (Lipinski definition) is 1. The molecule has 0 spiro atoms. The Bertz CT molecular complexity index is 720. The van der Waals surface area contributed by atoms with Crippen molar-refractivity contribution in [1.29, 1.82) is 0 Å². The Kier molecular flexibility index (Phi) is 7.75. The summed E-state index contributed by atoms with van der Waals surface area (Å²) in [5, 5.41) is 7.47. The minimum atomic E-state index is -0.200. The highest BCUT2D eigenvalue weighted by Gasteiger charge is 2.19. The van der Waals surface area contributed by atoms with E-state index in [9.17, 15) is 4.79 Å². The third-order valence-electron chi connectivity index (χ3n) is 3.95. The molecule has 142 valence electrons. The first-order chi connectivity index (χ1) is 12.5. The third kappa shape index (κ3) is 5.13. The summed E-state index contributed by atoms with van der Waals surface area (Å²) >= 11 is 7.94. The van der Waals surface area contributed by atoms with E-state index in [0.29, 0.717) is 35.2 Å². The van der Waals surface area contributed by atoms with E-state index < -0.39 is 0 Å². The van der Waals surface area contributed by atoms with E-state index >= 15 is 0 Å². The number of amides is 1. The summed E-state index contributed by atoms with van der Waals surface area (Å²) in [6, 6.07) is 5.44. The Labute approximate surface area is 163 Å². The van der Waals surface area contributed by atoms with Crippen LogP contribution in [-0.4, -0.2) is 45.2 Å². The normalized spacial score (nSPS) is 12.1. The molecule has 0 fully saturated rings. The summed E-state index contributed by atoms with van der Waals surface area (Å²) in [5.74, 6) is 0.726. The molecule has 1 aromatic carbocycles. The number of thiophene rings is 1. The van der Waals surface area contributed by atoms with Gasteiger partial charge in [0.05, 0.1) is 24.8 Å². The van der Waals surface area contributed by atoms with Gasteiger partial charge in [0.1, 0.15) is 0 Å². The quantitative estimate of drug-likeness (QED) is 0.689. The van der Waals surface area contributed by atoms with Crippen LogP contribution in [0, 0.1) is 0 Å². The maximum atomic E-state index is 12.6. The predicted molar refractivity (Wildman–Crippen MR) is 107 cm³/mol. The Morgan fingerprint density at radius 1 is 1.38 bits per heavy atom. The van der Waals surface area contributed by atoms with Crippen LogP contribution in [0.1, 0.15) is 35.3 Å². The second-order valence-corrected chi connectivity index (χ2v) is 7.27. The number of methoxy groups -OCH3 is 1. The van der Waals surface area contributed by atoms with Crippen LogP contribution in [0.15, 0.2) is 29.0 Å². The molecule has 0 saturated heterocycles. The molecule has 1 heterocycles. The van der Waals surface area contributed by atoms with Crippen LogP contribution >= 0.6 is 22.9 Å². The van der Waals surface area contributed by atoms with Gasteiger partial charge in [0.15, 0.2) is 11.5 Å². The average Bonchev–Trinajstić information content (AvgIpc) is 3.14. The molecule has 1 amide bonds. The summed E-state index contributed by atoms with van der Waals surface area (Å²) in [5.41, 5.74) is 1.62. The van der Waals surface area contributed by atoms with Crippen molar-refractivity contribution in [3.8, 4) is 11.5 Å². The largest absolute Gasteiger partial charge is 0.493 e. The summed E-state index contributed by atoms with van der Waals surface area (Å²) in [6.45, 7) is 3.04. The fraction of sp³-hybridized carbons (Fsp3) is 0.421. The highest BCUT2D eigenvalue weighted by molar-refractivity contribution is 7.07. The number of rotatable bonds is 9. The van der Waals surface area contributed by atoms with Gasteiger partial charge in [-0.25, -0.2) is 0 Å². The standard InChI is InChI=1S/C19H25ClN2O3S/c1-5-7-25-18-15(20)9-14(10-17(18)24-4)19(23)21-11-16(22(2)3)13-6-8-26-12-13/h6,8-10,12,16H,5,7,11H2,1-4H3,(H,21,23). The zero-order valence-electron chi connectivity index (χ0n) is 15.5. The predicted octanol–water partition coefficient (Wildman–Crippen LogP) is 4.23. The molecular formula is C19H25ClN2O3S. The molecule has 1 atom stereocenters. The Morgan fingerprint density at radius 3 is 2.73 bits per heavy atom. The van der Waals surface area contributed by atoms with Gasteiger partial charge in [0.25, 0.3) is 5.91 Å². The molecule has 26 heavy (non-hydrogen) atoms. The second kappa shape index (κ2) is 9.80. The average molecular weight is 397 g/mol. The molecule has 1 unspecified atom stereocenters.